The normalized spacial score (nSPS) is 23.3. The largest absolute Gasteiger partial charge is 0.390 e. The molecule has 1 aromatic carbocycles. The van der Waals surface area contributed by atoms with Crippen LogP contribution < -0.4 is 10.6 Å². The van der Waals surface area contributed by atoms with E-state index in [0.717, 1.165) is 48.8 Å². The van der Waals surface area contributed by atoms with Crippen LogP contribution in [-0.2, 0) is 6.54 Å². The van der Waals surface area contributed by atoms with E-state index in [-0.39, 0.29) is 0 Å². The highest BCUT2D eigenvalue weighted by molar-refractivity contribution is 5.93. The van der Waals surface area contributed by atoms with Crippen molar-refractivity contribution < 1.29 is 5.11 Å². The third kappa shape index (κ3) is 2.87. The molecule has 2 aromatic rings. The number of nitrogens with two attached hydrogens (primary N) is 1. The van der Waals surface area contributed by atoms with Crippen molar-refractivity contribution in [2.45, 2.75) is 38.3 Å². The Balaban J connectivity index is 2.06. The molecule has 0 saturated carbocycles. The molecule has 1 aliphatic heterocycles. The molecule has 112 valence electrons. The van der Waals surface area contributed by atoms with E-state index in [1.807, 2.05) is 31.3 Å². The number of aromatic nitrogens is 1. The molecule has 0 spiro atoms. The minimum absolute atomic E-state index is 0.486. The van der Waals surface area contributed by atoms with Crippen molar-refractivity contribution in [2.24, 2.45) is 5.73 Å². The maximum absolute atomic E-state index is 10.3. The zero-order chi connectivity index (χ0) is 14.9. The van der Waals surface area contributed by atoms with Gasteiger partial charge in [0.1, 0.15) is 0 Å². The quantitative estimate of drug-likeness (QED) is 0.889. The Hall–Kier alpha value is -1.65. The molecule has 4 heteroatoms. The first kappa shape index (κ1) is 14.3. The summed E-state index contributed by atoms with van der Waals surface area (Å²) in [7, 11) is 0. The molecule has 0 bridgehead atoms. The van der Waals surface area contributed by atoms with Crippen LogP contribution in [0.4, 0.5) is 5.69 Å². The Morgan fingerprint density at radius 2 is 2.10 bits per heavy atom. The van der Waals surface area contributed by atoms with Crippen LogP contribution in [-0.4, -0.2) is 28.8 Å². The molecule has 21 heavy (non-hydrogen) atoms. The van der Waals surface area contributed by atoms with Crippen LogP contribution in [0.5, 0.6) is 0 Å². The monoisotopic (exact) mass is 285 g/mol. The first-order chi connectivity index (χ1) is 10.1. The molecule has 1 unspecified atom stereocenters. The molecule has 0 aliphatic carbocycles. The molecule has 1 saturated heterocycles. The van der Waals surface area contributed by atoms with Crippen molar-refractivity contribution in [1.29, 1.82) is 0 Å². The van der Waals surface area contributed by atoms with Crippen molar-refractivity contribution in [2.75, 3.05) is 18.0 Å². The minimum Gasteiger partial charge on any atom is -0.390 e. The Morgan fingerprint density at radius 3 is 2.90 bits per heavy atom. The summed E-state index contributed by atoms with van der Waals surface area (Å²) in [6.45, 7) is 4.23. The molecule has 0 amide bonds. The fraction of sp³-hybridized carbons (Fsp3) is 0.471. The van der Waals surface area contributed by atoms with Crippen molar-refractivity contribution in [3.8, 4) is 0 Å². The lowest BCUT2D eigenvalue weighted by atomic mass is 9.98. The van der Waals surface area contributed by atoms with Crippen LogP contribution >= 0.6 is 0 Å². The highest BCUT2D eigenvalue weighted by Crippen LogP contribution is 2.32. The predicted octanol–water partition coefficient (Wildman–Crippen LogP) is 2.43. The highest BCUT2D eigenvalue weighted by Gasteiger charge is 2.26. The summed E-state index contributed by atoms with van der Waals surface area (Å²) in [5, 5.41) is 11.4. The third-order valence-electron chi connectivity index (χ3n) is 4.42. The Morgan fingerprint density at radius 1 is 1.29 bits per heavy atom. The summed E-state index contributed by atoms with van der Waals surface area (Å²) in [6.07, 6.45) is 4.52. The lowest BCUT2D eigenvalue weighted by Crippen LogP contribution is -2.29. The summed E-state index contributed by atoms with van der Waals surface area (Å²) in [5.41, 5.74) is 8.64. The molecular formula is C17H23N3O. The number of pyridine rings is 1. The average molecular weight is 285 g/mol. The van der Waals surface area contributed by atoms with Gasteiger partial charge in [-0.05, 0) is 32.3 Å². The van der Waals surface area contributed by atoms with E-state index in [1.54, 1.807) is 0 Å². The van der Waals surface area contributed by atoms with Gasteiger partial charge in [-0.1, -0.05) is 18.2 Å². The van der Waals surface area contributed by atoms with Gasteiger partial charge in [0.05, 0.1) is 16.8 Å². The van der Waals surface area contributed by atoms with Gasteiger partial charge in [0.15, 0.2) is 0 Å². The molecule has 1 aliphatic rings. The summed E-state index contributed by atoms with van der Waals surface area (Å²) in [6, 6.07) is 8.20. The molecule has 3 N–H and O–H groups in total. The second-order valence-electron chi connectivity index (χ2n) is 6.19. The van der Waals surface area contributed by atoms with Crippen molar-refractivity contribution >= 4 is 16.6 Å². The van der Waals surface area contributed by atoms with Crippen LogP contribution in [0.25, 0.3) is 10.9 Å². The predicted molar refractivity (Wildman–Crippen MR) is 86.3 cm³/mol. The summed E-state index contributed by atoms with van der Waals surface area (Å²) in [4.78, 5) is 6.87. The first-order valence-electron chi connectivity index (χ1n) is 7.65. The number of para-hydroxylation sites is 1. The maximum atomic E-state index is 10.3. The van der Waals surface area contributed by atoms with Gasteiger partial charge in [-0.3, -0.25) is 4.98 Å². The van der Waals surface area contributed by atoms with E-state index in [9.17, 15) is 5.11 Å². The van der Waals surface area contributed by atoms with E-state index in [1.165, 1.54) is 5.69 Å². The topological polar surface area (TPSA) is 62.4 Å². The summed E-state index contributed by atoms with van der Waals surface area (Å²) < 4.78 is 0. The molecule has 4 nitrogen and oxygen atoms in total. The molecule has 1 atom stereocenters. The Bertz CT molecular complexity index is 639. The van der Waals surface area contributed by atoms with Crippen molar-refractivity contribution in [1.82, 2.24) is 4.98 Å². The molecule has 0 radical (unpaired) electrons. The molecular weight excluding hydrogens is 262 g/mol. The zero-order valence-electron chi connectivity index (χ0n) is 12.5. The maximum Gasteiger partial charge on any atom is 0.0723 e. The highest BCUT2D eigenvalue weighted by atomic mass is 16.3. The zero-order valence-corrected chi connectivity index (χ0v) is 12.5. The second kappa shape index (κ2) is 5.62. The van der Waals surface area contributed by atoms with Gasteiger partial charge < -0.3 is 15.7 Å². The molecule has 3 rings (SSSR count). The number of hydrogen-bond donors (Lipinski definition) is 2. The first-order valence-corrected chi connectivity index (χ1v) is 7.65. The van der Waals surface area contributed by atoms with E-state index in [2.05, 4.69) is 16.0 Å². The van der Waals surface area contributed by atoms with Gasteiger partial charge in [-0.25, -0.2) is 0 Å². The average Bonchev–Trinajstić information content (AvgIpc) is 2.67. The van der Waals surface area contributed by atoms with Crippen LogP contribution in [0.1, 0.15) is 31.7 Å². The van der Waals surface area contributed by atoms with Crippen LogP contribution in [0.15, 0.2) is 30.5 Å². The number of hydrogen-bond acceptors (Lipinski definition) is 4. The number of rotatable bonds is 2. The summed E-state index contributed by atoms with van der Waals surface area (Å²) in [5.74, 6) is 0. The Labute approximate surface area is 125 Å². The Kier molecular flexibility index (Phi) is 3.83. The lowest BCUT2D eigenvalue weighted by molar-refractivity contribution is 0.0481. The number of benzene rings is 1. The van der Waals surface area contributed by atoms with Crippen molar-refractivity contribution in [3.63, 3.8) is 0 Å². The van der Waals surface area contributed by atoms with Gasteiger partial charge >= 0.3 is 0 Å². The lowest BCUT2D eigenvalue weighted by Gasteiger charge is -2.27. The van der Waals surface area contributed by atoms with E-state index >= 15 is 0 Å². The fourth-order valence-corrected chi connectivity index (χ4v) is 3.18. The van der Waals surface area contributed by atoms with Gasteiger partial charge in [-0.15, -0.1) is 0 Å². The van der Waals surface area contributed by atoms with Gasteiger partial charge in [0.25, 0.3) is 0 Å². The SMILES string of the molecule is CC1(O)CCCN(c2c(CN)cnc3ccccc23)CC1. The van der Waals surface area contributed by atoms with Gasteiger partial charge in [-0.2, -0.15) is 0 Å². The van der Waals surface area contributed by atoms with Crippen molar-refractivity contribution in [3.05, 3.63) is 36.0 Å². The number of fused-ring (bicyclic) bond motifs is 1. The third-order valence-corrected chi connectivity index (χ3v) is 4.42. The van der Waals surface area contributed by atoms with Crippen LogP contribution in [0.3, 0.4) is 0 Å². The number of aliphatic hydroxyl groups is 1. The van der Waals surface area contributed by atoms with Gasteiger partial charge in [0, 0.05) is 36.8 Å². The van der Waals surface area contributed by atoms with E-state index in [0.29, 0.717) is 6.54 Å². The van der Waals surface area contributed by atoms with Crippen LogP contribution in [0.2, 0.25) is 0 Å². The molecule has 1 fully saturated rings. The molecule has 1 aromatic heterocycles. The number of nitrogens with zero attached hydrogens (tertiary/aromatic N) is 2. The standard InChI is InChI=1S/C17H23N3O/c1-17(21)7-4-9-20(10-8-17)16-13(11-18)12-19-15-6-3-2-5-14(15)16/h2-3,5-6,12,21H,4,7-11,18H2,1H3. The van der Waals surface area contributed by atoms with Crippen LogP contribution in [0, 0.1) is 0 Å². The number of anilines is 1. The minimum atomic E-state index is -0.555. The summed E-state index contributed by atoms with van der Waals surface area (Å²) >= 11 is 0. The molecule has 2 heterocycles. The smallest absolute Gasteiger partial charge is 0.0723 e. The van der Waals surface area contributed by atoms with Gasteiger partial charge in [0.2, 0.25) is 0 Å². The van der Waals surface area contributed by atoms with E-state index < -0.39 is 5.60 Å². The fourth-order valence-electron chi connectivity index (χ4n) is 3.18. The second-order valence-corrected chi connectivity index (χ2v) is 6.19. The van der Waals surface area contributed by atoms with E-state index in [4.69, 9.17) is 5.73 Å².